The highest BCUT2D eigenvalue weighted by molar-refractivity contribution is 7.97. The molecule has 1 aliphatic carbocycles. The molecule has 2 aromatic carbocycles. The van der Waals surface area contributed by atoms with E-state index in [2.05, 4.69) is 56.5 Å². The number of hydrogen-bond acceptors (Lipinski definition) is 6. The van der Waals surface area contributed by atoms with E-state index >= 15 is 0 Å². The standard InChI is InChI=1S/C28H38ClN3O2SSi/c1-28(2,3)36(5,6)34-23-13-11-22(12-14-23)33-25-9-7-8-19-17-30-27(32-26(19)25)31-21-10-15-24(29)20(16-21)18-35-4/h7-10,15-17,22-23H,11-14,18H2,1-6H3,(H,30,31,32). The summed E-state index contributed by atoms with van der Waals surface area (Å²) in [5, 5.41) is 5.31. The van der Waals surface area contributed by atoms with Crippen LogP contribution in [0.15, 0.2) is 42.6 Å². The molecule has 1 fully saturated rings. The van der Waals surface area contributed by atoms with Crippen molar-refractivity contribution in [2.75, 3.05) is 11.6 Å². The van der Waals surface area contributed by atoms with Crippen molar-refractivity contribution in [1.82, 2.24) is 9.97 Å². The lowest BCUT2D eigenvalue weighted by atomic mass is 9.95. The van der Waals surface area contributed by atoms with Crippen LogP contribution in [0.5, 0.6) is 5.75 Å². The van der Waals surface area contributed by atoms with Crippen LogP contribution in [0.25, 0.3) is 10.9 Å². The Hall–Kier alpha value is -1.80. The van der Waals surface area contributed by atoms with Crippen LogP contribution in [0.2, 0.25) is 23.2 Å². The zero-order chi connectivity index (χ0) is 25.9. The van der Waals surface area contributed by atoms with Gasteiger partial charge in [-0.05, 0) is 79.9 Å². The molecule has 4 rings (SSSR count). The quantitative estimate of drug-likeness (QED) is 0.287. The van der Waals surface area contributed by atoms with Crippen LogP contribution in [0, 0.1) is 0 Å². The van der Waals surface area contributed by atoms with Gasteiger partial charge in [-0.25, -0.2) is 9.97 Å². The highest BCUT2D eigenvalue weighted by atomic mass is 35.5. The van der Waals surface area contributed by atoms with Crippen molar-refractivity contribution in [2.24, 2.45) is 0 Å². The number of hydrogen-bond donors (Lipinski definition) is 1. The average Bonchev–Trinajstić information content (AvgIpc) is 2.82. The molecule has 0 spiro atoms. The van der Waals surface area contributed by atoms with Gasteiger partial charge in [0, 0.05) is 34.1 Å². The zero-order valence-corrected chi connectivity index (χ0v) is 24.8. The number of anilines is 2. The number of fused-ring (bicyclic) bond motifs is 1. The molecule has 0 radical (unpaired) electrons. The van der Waals surface area contributed by atoms with E-state index < -0.39 is 8.32 Å². The van der Waals surface area contributed by atoms with Gasteiger partial charge in [0.05, 0.1) is 6.10 Å². The number of aromatic nitrogens is 2. The van der Waals surface area contributed by atoms with E-state index in [1.807, 2.05) is 36.5 Å². The van der Waals surface area contributed by atoms with Gasteiger partial charge in [0.25, 0.3) is 0 Å². The molecule has 0 amide bonds. The Morgan fingerprint density at radius 3 is 2.50 bits per heavy atom. The molecule has 0 aliphatic heterocycles. The first-order valence-electron chi connectivity index (χ1n) is 12.7. The van der Waals surface area contributed by atoms with Gasteiger partial charge >= 0.3 is 0 Å². The summed E-state index contributed by atoms with van der Waals surface area (Å²) in [4.78, 5) is 9.34. The molecule has 0 saturated heterocycles. The Morgan fingerprint density at radius 1 is 1.08 bits per heavy atom. The second kappa shape index (κ2) is 11.3. The van der Waals surface area contributed by atoms with E-state index in [9.17, 15) is 0 Å². The normalized spacial score (nSPS) is 18.9. The highest BCUT2D eigenvalue weighted by Gasteiger charge is 2.40. The lowest BCUT2D eigenvalue weighted by molar-refractivity contribution is 0.0732. The molecule has 3 aromatic rings. The second-order valence-electron chi connectivity index (χ2n) is 11.1. The number of nitrogens with one attached hydrogen (secondary N) is 1. The molecule has 1 aliphatic rings. The van der Waals surface area contributed by atoms with E-state index in [1.54, 1.807) is 11.8 Å². The van der Waals surface area contributed by atoms with Gasteiger partial charge in [-0.15, -0.1) is 0 Å². The maximum atomic E-state index is 6.66. The second-order valence-corrected chi connectivity index (χ2v) is 17.2. The zero-order valence-electron chi connectivity index (χ0n) is 22.2. The van der Waals surface area contributed by atoms with Gasteiger partial charge in [0.15, 0.2) is 8.32 Å². The molecule has 1 saturated carbocycles. The molecular formula is C28H38ClN3O2SSi. The van der Waals surface area contributed by atoms with Gasteiger partial charge in [-0.1, -0.05) is 44.5 Å². The van der Waals surface area contributed by atoms with Crippen molar-refractivity contribution in [3.63, 3.8) is 0 Å². The van der Waals surface area contributed by atoms with E-state index in [0.717, 1.165) is 64.4 Å². The molecule has 1 N–H and O–H groups in total. The summed E-state index contributed by atoms with van der Waals surface area (Å²) in [6, 6.07) is 12.0. The van der Waals surface area contributed by atoms with E-state index in [4.69, 9.17) is 25.7 Å². The van der Waals surface area contributed by atoms with E-state index in [-0.39, 0.29) is 11.1 Å². The number of thioether (sulfide) groups is 1. The van der Waals surface area contributed by atoms with Crippen LogP contribution in [-0.4, -0.2) is 36.7 Å². The van der Waals surface area contributed by atoms with Crippen molar-refractivity contribution >= 4 is 54.2 Å². The largest absolute Gasteiger partial charge is 0.488 e. The minimum Gasteiger partial charge on any atom is -0.488 e. The molecule has 5 nitrogen and oxygen atoms in total. The van der Waals surface area contributed by atoms with Crippen LogP contribution >= 0.6 is 23.4 Å². The molecule has 0 bridgehead atoms. The minimum atomic E-state index is -1.75. The Labute approximate surface area is 225 Å². The molecular weight excluding hydrogens is 506 g/mol. The average molecular weight is 544 g/mol. The first-order valence-corrected chi connectivity index (χ1v) is 17.4. The SMILES string of the molecule is CSCc1cc(Nc2ncc3cccc(OC4CCC(O[Si](C)(C)C(C)(C)C)CC4)c3n2)ccc1Cl. The van der Waals surface area contributed by atoms with Crippen LogP contribution in [0.1, 0.15) is 52.0 Å². The molecule has 0 unspecified atom stereocenters. The third-order valence-corrected chi connectivity index (χ3v) is 12.9. The predicted molar refractivity (Wildman–Crippen MR) is 156 cm³/mol. The van der Waals surface area contributed by atoms with Crippen molar-refractivity contribution in [3.05, 3.63) is 53.2 Å². The molecule has 8 heteroatoms. The topological polar surface area (TPSA) is 56.3 Å². The lowest BCUT2D eigenvalue weighted by Crippen LogP contribution is -2.45. The van der Waals surface area contributed by atoms with Crippen LogP contribution < -0.4 is 10.1 Å². The molecule has 36 heavy (non-hydrogen) atoms. The summed E-state index contributed by atoms with van der Waals surface area (Å²) in [6.07, 6.45) is 8.50. The highest BCUT2D eigenvalue weighted by Crippen LogP contribution is 2.39. The fourth-order valence-electron chi connectivity index (χ4n) is 4.27. The summed E-state index contributed by atoms with van der Waals surface area (Å²) >= 11 is 8.08. The Morgan fingerprint density at radius 2 is 1.81 bits per heavy atom. The lowest BCUT2D eigenvalue weighted by Gasteiger charge is -2.41. The smallest absolute Gasteiger partial charge is 0.227 e. The summed E-state index contributed by atoms with van der Waals surface area (Å²) in [6.45, 7) is 11.6. The van der Waals surface area contributed by atoms with Crippen molar-refractivity contribution in [2.45, 2.75) is 82.5 Å². The fraction of sp³-hybridized carbons (Fsp3) is 0.500. The maximum absolute atomic E-state index is 6.66. The van der Waals surface area contributed by atoms with Crippen molar-refractivity contribution in [1.29, 1.82) is 0 Å². The van der Waals surface area contributed by atoms with Gasteiger partial charge in [0.1, 0.15) is 11.3 Å². The molecule has 1 aromatic heterocycles. The molecule has 194 valence electrons. The number of rotatable bonds is 8. The third kappa shape index (κ3) is 6.54. The number of para-hydroxylation sites is 1. The monoisotopic (exact) mass is 543 g/mol. The Kier molecular flexibility index (Phi) is 8.55. The summed E-state index contributed by atoms with van der Waals surface area (Å²) in [5.41, 5.74) is 2.83. The number of benzene rings is 2. The predicted octanol–water partition coefficient (Wildman–Crippen LogP) is 8.60. The Balaban J connectivity index is 1.44. The van der Waals surface area contributed by atoms with Crippen molar-refractivity contribution in [3.8, 4) is 5.75 Å². The number of halogens is 1. The van der Waals surface area contributed by atoms with Gasteiger partial charge in [0.2, 0.25) is 5.95 Å². The maximum Gasteiger partial charge on any atom is 0.227 e. The van der Waals surface area contributed by atoms with E-state index in [0.29, 0.717) is 12.1 Å². The fourth-order valence-corrected chi connectivity index (χ4v) is 6.51. The van der Waals surface area contributed by atoms with Gasteiger partial charge in [-0.2, -0.15) is 11.8 Å². The summed E-state index contributed by atoms with van der Waals surface area (Å²) in [5.74, 6) is 2.21. The first-order chi connectivity index (χ1) is 17.1. The van der Waals surface area contributed by atoms with Crippen LogP contribution in [-0.2, 0) is 10.2 Å². The van der Waals surface area contributed by atoms with E-state index in [1.165, 1.54) is 0 Å². The van der Waals surface area contributed by atoms with Gasteiger partial charge < -0.3 is 14.5 Å². The molecule has 0 atom stereocenters. The first kappa shape index (κ1) is 27.2. The summed E-state index contributed by atoms with van der Waals surface area (Å²) < 4.78 is 13.2. The number of ether oxygens (including phenoxy) is 1. The summed E-state index contributed by atoms with van der Waals surface area (Å²) in [7, 11) is -1.75. The minimum absolute atomic E-state index is 0.173. The van der Waals surface area contributed by atoms with Crippen molar-refractivity contribution < 1.29 is 9.16 Å². The van der Waals surface area contributed by atoms with Crippen LogP contribution in [0.4, 0.5) is 11.6 Å². The Bertz CT molecular complexity index is 1190. The number of nitrogens with zero attached hydrogens (tertiary/aromatic N) is 2. The van der Waals surface area contributed by atoms with Gasteiger partial charge in [-0.3, -0.25) is 0 Å². The molecule has 1 heterocycles. The van der Waals surface area contributed by atoms with Crippen LogP contribution in [0.3, 0.4) is 0 Å². The third-order valence-electron chi connectivity index (χ3n) is 7.36.